The molecule has 3 rings (SSSR count). The van der Waals surface area contributed by atoms with Gasteiger partial charge in [0.1, 0.15) is 6.04 Å². The summed E-state index contributed by atoms with van der Waals surface area (Å²) < 4.78 is 10.2. The maximum absolute atomic E-state index is 13.2. The molecular weight excluding hydrogens is 356 g/mol. The highest BCUT2D eigenvalue weighted by Crippen LogP contribution is 2.19. The lowest BCUT2D eigenvalue weighted by Gasteiger charge is -2.30. The van der Waals surface area contributed by atoms with E-state index in [-0.39, 0.29) is 5.91 Å². The lowest BCUT2D eigenvalue weighted by molar-refractivity contribution is -0.145. The molecule has 2 aromatic rings. The number of methoxy groups -OCH3 is 1. The highest BCUT2D eigenvalue weighted by atomic mass is 16.5. The third-order valence-corrected chi connectivity index (χ3v) is 4.96. The molecule has 28 heavy (non-hydrogen) atoms. The van der Waals surface area contributed by atoms with Gasteiger partial charge in [-0.25, -0.2) is 4.79 Å². The number of nitrogens with zero attached hydrogens (tertiary/aromatic N) is 2. The van der Waals surface area contributed by atoms with Gasteiger partial charge in [-0.2, -0.15) is 0 Å². The molecule has 1 aliphatic heterocycles. The summed E-state index contributed by atoms with van der Waals surface area (Å²) >= 11 is 0. The van der Waals surface area contributed by atoms with E-state index in [4.69, 9.17) is 9.47 Å². The monoisotopic (exact) mass is 382 g/mol. The summed E-state index contributed by atoms with van der Waals surface area (Å²) in [5.41, 5.74) is 2.57. The van der Waals surface area contributed by atoms with Gasteiger partial charge in [0.05, 0.1) is 20.3 Å². The molecule has 1 atom stereocenters. The Bertz CT molecular complexity index is 786. The van der Waals surface area contributed by atoms with Crippen molar-refractivity contribution in [3.63, 3.8) is 0 Å². The van der Waals surface area contributed by atoms with Gasteiger partial charge >= 0.3 is 5.97 Å². The van der Waals surface area contributed by atoms with Crippen LogP contribution < -0.4 is 4.90 Å². The van der Waals surface area contributed by atoms with Gasteiger partial charge in [0.25, 0.3) is 5.91 Å². The van der Waals surface area contributed by atoms with Crippen LogP contribution in [0, 0.1) is 0 Å². The van der Waals surface area contributed by atoms with Crippen molar-refractivity contribution in [1.29, 1.82) is 0 Å². The SMILES string of the molecule is COC(=O)[C@H](C)N(Cc1ccccc1)C(=O)c1ccc(N2CCOCC2)cc1. The van der Waals surface area contributed by atoms with Gasteiger partial charge in [-0.3, -0.25) is 4.79 Å². The second-order valence-electron chi connectivity index (χ2n) is 6.76. The number of ether oxygens (including phenoxy) is 2. The van der Waals surface area contributed by atoms with E-state index in [0.29, 0.717) is 25.3 Å². The van der Waals surface area contributed by atoms with Crippen LogP contribution in [0.3, 0.4) is 0 Å². The molecule has 6 heteroatoms. The average molecular weight is 382 g/mol. The number of hydrogen-bond donors (Lipinski definition) is 0. The van der Waals surface area contributed by atoms with Crippen LogP contribution >= 0.6 is 0 Å². The predicted molar refractivity (Wildman–Crippen MR) is 107 cm³/mol. The second-order valence-corrected chi connectivity index (χ2v) is 6.76. The maximum atomic E-state index is 13.2. The molecule has 2 aromatic carbocycles. The molecule has 6 nitrogen and oxygen atoms in total. The van der Waals surface area contributed by atoms with Gasteiger partial charge in [-0.15, -0.1) is 0 Å². The van der Waals surface area contributed by atoms with Crippen LogP contribution in [-0.4, -0.2) is 56.2 Å². The number of hydrogen-bond acceptors (Lipinski definition) is 5. The zero-order chi connectivity index (χ0) is 19.9. The lowest BCUT2D eigenvalue weighted by Crippen LogP contribution is -2.43. The molecule has 0 aromatic heterocycles. The van der Waals surface area contributed by atoms with Crippen molar-refractivity contribution in [3.8, 4) is 0 Å². The summed E-state index contributed by atoms with van der Waals surface area (Å²) in [4.78, 5) is 29.1. The first-order valence-corrected chi connectivity index (χ1v) is 9.45. The summed E-state index contributed by atoms with van der Waals surface area (Å²) in [6.45, 7) is 5.12. The van der Waals surface area contributed by atoms with Crippen LogP contribution in [-0.2, 0) is 20.8 Å². The first kappa shape index (κ1) is 19.9. The summed E-state index contributed by atoms with van der Waals surface area (Å²) in [6, 6.07) is 16.5. The van der Waals surface area contributed by atoms with Crippen LogP contribution in [0.15, 0.2) is 54.6 Å². The minimum atomic E-state index is -0.684. The van der Waals surface area contributed by atoms with Crippen LogP contribution in [0.4, 0.5) is 5.69 Å². The molecule has 1 aliphatic rings. The van der Waals surface area contributed by atoms with Crippen LogP contribution in [0.1, 0.15) is 22.8 Å². The predicted octanol–water partition coefficient (Wildman–Crippen LogP) is 2.73. The number of morpholine rings is 1. The van der Waals surface area contributed by atoms with Crippen molar-refractivity contribution >= 4 is 17.6 Å². The molecule has 1 saturated heterocycles. The molecule has 0 bridgehead atoms. The van der Waals surface area contributed by atoms with Gasteiger partial charge in [0, 0.05) is 30.9 Å². The molecule has 0 spiro atoms. The van der Waals surface area contributed by atoms with E-state index in [1.165, 1.54) is 7.11 Å². The first-order chi connectivity index (χ1) is 13.6. The number of esters is 1. The largest absolute Gasteiger partial charge is 0.467 e. The topological polar surface area (TPSA) is 59.1 Å². The van der Waals surface area contributed by atoms with E-state index in [1.807, 2.05) is 54.6 Å². The molecule has 1 fully saturated rings. The Hall–Kier alpha value is -2.86. The molecule has 0 radical (unpaired) electrons. The Morgan fingerprint density at radius 2 is 1.71 bits per heavy atom. The average Bonchev–Trinajstić information content (AvgIpc) is 2.77. The molecule has 148 valence electrons. The van der Waals surface area contributed by atoms with Crippen molar-refractivity contribution < 1.29 is 19.1 Å². The normalized spacial score (nSPS) is 15.0. The molecule has 0 unspecified atom stereocenters. The summed E-state index contributed by atoms with van der Waals surface area (Å²) in [5.74, 6) is -0.635. The molecule has 0 aliphatic carbocycles. The van der Waals surface area contributed by atoms with Crippen molar-refractivity contribution in [1.82, 2.24) is 4.90 Å². The minimum absolute atomic E-state index is 0.199. The fourth-order valence-corrected chi connectivity index (χ4v) is 3.26. The lowest BCUT2D eigenvalue weighted by atomic mass is 10.1. The molecule has 1 heterocycles. The van der Waals surface area contributed by atoms with Gasteiger partial charge in [0.15, 0.2) is 0 Å². The Morgan fingerprint density at radius 3 is 2.32 bits per heavy atom. The third-order valence-electron chi connectivity index (χ3n) is 4.96. The number of anilines is 1. The Morgan fingerprint density at radius 1 is 1.07 bits per heavy atom. The van der Waals surface area contributed by atoms with E-state index in [0.717, 1.165) is 24.3 Å². The molecular formula is C22H26N2O4. The second kappa shape index (κ2) is 9.37. The van der Waals surface area contributed by atoms with Crippen LogP contribution in [0.5, 0.6) is 0 Å². The van der Waals surface area contributed by atoms with Crippen molar-refractivity contribution in [2.75, 3.05) is 38.3 Å². The Kier molecular flexibility index (Phi) is 6.66. The first-order valence-electron chi connectivity index (χ1n) is 9.45. The quantitative estimate of drug-likeness (QED) is 0.719. The molecule has 0 saturated carbocycles. The zero-order valence-electron chi connectivity index (χ0n) is 16.3. The Balaban J connectivity index is 1.80. The summed E-state index contributed by atoms with van der Waals surface area (Å²) in [7, 11) is 1.33. The summed E-state index contributed by atoms with van der Waals surface area (Å²) in [5, 5.41) is 0. The Labute approximate surface area is 165 Å². The smallest absolute Gasteiger partial charge is 0.328 e. The van der Waals surface area contributed by atoms with Crippen molar-refractivity contribution in [3.05, 3.63) is 65.7 Å². The minimum Gasteiger partial charge on any atom is -0.467 e. The van der Waals surface area contributed by atoms with E-state index in [9.17, 15) is 9.59 Å². The van der Waals surface area contributed by atoms with Crippen LogP contribution in [0.25, 0.3) is 0 Å². The number of rotatable bonds is 6. The van der Waals surface area contributed by atoms with E-state index >= 15 is 0 Å². The van der Waals surface area contributed by atoms with E-state index in [1.54, 1.807) is 11.8 Å². The highest BCUT2D eigenvalue weighted by Gasteiger charge is 2.27. The number of carbonyl (C=O) groups is 2. The molecule has 1 amide bonds. The van der Waals surface area contributed by atoms with Gasteiger partial charge in [0.2, 0.25) is 0 Å². The zero-order valence-corrected chi connectivity index (χ0v) is 16.3. The van der Waals surface area contributed by atoms with E-state index in [2.05, 4.69) is 4.90 Å². The highest BCUT2D eigenvalue weighted by molar-refractivity contribution is 5.97. The van der Waals surface area contributed by atoms with Gasteiger partial charge in [-0.1, -0.05) is 30.3 Å². The summed E-state index contributed by atoms with van der Waals surface area (Å²) in [6.07, 6.45) is 0. The standard InChI is InChI=1S/C22H26N2O4/c1-17(22(26)27-2)24(16-18-6-4-3-5-7-18)21(25)19-8-10-20(11-9-19)23-12-14-28-15-13-23/h3-11,17H,12-16H2,1-2H3/t17-/m0/s1. The van der Waals surface area contributed by atoms with Crippen LogP contribution in [0.2, 0.25) is 0 Å². The van der Waals surface area contributed by atoms with E-state index < -0.39 is 12.0 Å². The number of carbonyl (C=O) groups excluding carboxylic acids is 2. The van der Waals surface area contributed by atoms with Crippen molar-refractivity contribution in [2.24, 2.45) is 0 Å². The van der Waals surface area contributed by atoms with Gasteiger partial charge in [-0.05, 0) is 36.8 Å². The van der Waals surface area contributed by atoms with Crippen molar-refractivity contribution in [2.45, 2.75) is 19.5 Å². The molecule has 0 N–H and O–H groups in total. The number of benzene rings is 2. The maximum Gasteiger partial charge on any atom is 0.328 e. The fraction of sp³-hybridized carbons (Fsp3) is 0.364. The van der Waals surface area contributed by atoms with Gasteiger partial charge < -0.3 is 19.3 Å². The third kappa shape index (κ3) is 4.70. The fourth-order valence-electron chi connectivity index (χ4n) is 3.26. The number of amides is 1.